The summed E-state index contributed by atoms with van der Waals surface area (Å²) in [5.74, 6) is -0.140. The summed E-state index contributed by atoms with van der Waals surface area (Å²) >= 11 is 5.78. The average Bonchev–Trinajstić information content (AvgIpc) is 2.45. The molecule has 0 aliphatic carbocycles. The topological polar surface area (TPSA) is 42.0 Å². The molecule has 19 heavy (non-hydrogen) atoms. The van der Waals surface area contributed by atoms with E-state index in [1.165, 1.54) is 6.08 Å². The zero-order valence-corrected chi connectivity index (χ0v) is 11.0. The first-order valence-electron chi connectivity index (χ1n) is 5.84. The van der Waals surface area contributed by atoms with E-state index in [-0.39, 0.29) is 5.91 Å². The van der Waals surface area contributed by atoms with Gasteiger partial charge in [-0.15, -0.1) is 0 Å². The molecule has 0 spiro atoms. The SMILES string of the molecule is O=C(C=Cc1ccc(Cl)cc1)NCc1cccnc1. The third-order valence-corrected chi connectivity index (χ3v) is 2.74. The van der Waals surface area contributed by atoms with Crippen molar-refractivity contribution in [1.29, 1.82) is 0 Å². The number of aromatic nitrogens is 1. The average molecular weight is 273 g/mol. The maximum atomic E-state index is 11.6. The van der Waals surface area contributed by atoms with Crippen molar-refractivity contribution in [3.05, 3.63) is 71.0 Å². The van der Waals surface area contributed by atoms with Gasteiger partial charge in [-0.25, -0.2) is 0 Å². The van der Waals surface area contributed by atoms with Crippen LogP contribution in [0, 0.1) is 0 Å². The summed E-state index contributed by atoms with van der Waals surface area (Å²) < 4.78 is 0. The van der Waals surface area contributed by atoms with Crippen molar-refractivity contribution >= 4 is 23.6 Å². The Morgan fingerprint density at radius 2 is 2.05 bits per heavy atom. The third-order valence-electron chi connectivity index (χ3n) is 2.49. The molecule has 3 nitrogen and oxygen atoms in total. The minimum Gasteiger partial charge on any atom is -0.348 e. The van der Waals surface area contributed by atoms with Gasteiger partial charge in [0.15, 0.2) is 0 Å². The second-order valence-electron chi connectivity index (χ2n) is 3.96. The monoisotopic (exact) mass is 272 g/mol. The highest BCUT2D eigenvalue weighted by atomic mass is 35.5. The summed E-state index contributed by atoms with van der Waals surface area (Å²) in [6.07, 6.45) is 6.67. The zero-order valence-electron chi connectivity index (χ0n) is 10.2. The Morgan fingerprint density at radius 3 is 2.74 bits per heavy atom. The van der Waals surface area contributed by atoms with Crippen molar-refractivity contribution in [3.63, 3.8) is 0 Å². The number of halogens is 1. The molecule has 2 aromatic rings. The van der Waals surface area contributed by atoms with Crippen LogP contribution in [0.4, 0.5) is 0 Å². The Labute approximate surface area is 116 Å². The van der Waals surface area contributed by atoms with Gasteiger partial charge in [-0.2, -0.15) is 0 Å². The van der Waals surface area contributed by atoms with Gasteiger partial charge in [0, 0.05) is 30.0 Å². The fourth-order valence-corrected chi connectivity index (χ4v) is 1.62. The second-order valence-corrected chi connectivity index (χ2v) is 4.40. The molecule has 1 heterocycles. The van der Waals surface area contributed by atoms with Crippen molar-refractivity contribution < 1.29 is 4.79 Å². The highest BCUT2D eigenvalue weighted by Crippen LogP contribution is 2.10. The van der Waals surface area contributed by atoms with E-state index in [0.29, 0.717) is 11.6 Å². The Balaban J connectivity index is 1.86. The quantitative estimate of drug-likeness (QED) is 0.869. The number of pyridine rings is 1. The van der Waals surface area contributed by atoms with Crippen LogP contribution in [0.15, 0.2) is 54.9 Å². The summed E-state index contributed by atoms with van der Waals surface area (Å²) in [7, 11) is 0. The minimum absolute atomic E-state index is 0.140. The standard InChI is InChI=1S/C15H13ClN2O/c16-14-6-3-12(4-7-14)5-8-15(19)18-11-13-2-1-9-17-10-13/h1-10H,11H2,(H,18,19). The fourth-order valence-electron chi connectivity index (χ4n) is 1.50. The molecule has 4 heteroatoms. The van der Waals surface area contributed by atoms with Gasteiger partial charge in [0.1, 0.15) is 0 Å². The number of benzene rings is 1. The number of carbonyl (C=O) groups is 1. The lowest BCUT2D eigenvalue weighted by molar-refractivity contribution is -0.116. The smallest absolute Gasteiger partial charge is 0.244 e. The lowest BCUT2D eigenvalue weighted by Crippen LogP contribution is -2.20. The molecule has 1 N–H and O–H groups in total. The van der Waals surface area contributed by atoms with Crippen LogP contribution in [0.25, 0.3) is 6.08 Å². The number of hydrogen-bond acceptors (Lipinski definition) is 2. The lowest BCUT2D eigenvalue weighted by Gasteiger charge is -2.01. The van der Waals surface area contributed by atoms with Gasteiger partial charge in [-0.3, -0.25) is 9.78 Å². The normalized spacial score (nSPS) is 10.6. The largest absolute Gasteiger partial charge is 0.348 e. The summed E-state index contributed by atoms with van der Waals surface area (Å²) in [5.41, 5.74) is 1.90. The van der Waals surface area contributed by atoms with Crippen molar-refractivity contribution in [1.82, 2.24) is 10.3 Å². The first-order valence-corrected chi connectivity index (χ1v) is 6.22. The molecule has 0 bridgehead atoms. The van der Waals surface area contributed by atoms with Gasteiger partial charge >= 0.3 is 0 Å². The minimum atomic E-state index is -0.140. The number of rotatable bonds is 4. The van der Waals surface area contributed by atoms with Crippen LogP contribution in [0.5, 0.6) is 0 Å². The first kappa shape index (κ1) is 13.3. The van der Waals surface area contributed by atoms with Gasteiger partial charge in [0.25, 0.3) is 0 Å². The molecular formula is C15H13ClN2O. The van der Waals surface area contributed by atoms with E-state index < -0.39 is 0 Å². The molecule has 0 fully saturated rings. The molecule has 0 saturated carbocycles. The highest BCUT2D eigenvalue weighted by molar-refractivity contribution is 6.30. The zero-order chi connectivity index (χ0) is 13.5. The van der Waals surface area contributed by atoms with E-state index >= 15 is 0 Å². The Kier molecular flexibility index (Phi) is 4.70. The van der Waals surface area contributed by atoms with E-state index in [2.05, 4.69) is 10.3 Å². The van der Waals surface area contributed by atoms with Crippen LogP contribution in [0.3, 0.4) is 0 Å². The van der Waals surface area contributed by atoms with E-state index in [1.807, 2.05) is 24.3 Å². The fraction of sp³-hybridized carbons (Fsp3) is 0.0667. The Hall–Kier alpha value is -2.13. The molecule has 0 saturated heterocycles. The second kappa shape index (κ2) is 6.71. The maximum absolute atomic E-state index is 11.6. The molecule has 0 aliphatic rings. The maximum Gasteiger partial charge on any atom is 0.244 e. The molecule has 1 amide bonds. The Morgan fingerprint density at radius 1 is 1.26 bits per heavy atom. The molecular weight excluding hydrogens is 260 g/mol. The van der Waals surface area contributed by atoms with Crippen molar-refractivity contribution in [2.45, 2.75) is 6.54 Å². The molecule has 1 aromatic heterocycles. The van der Waals surface area contributed by atoms with Crippen LogP contribution in [0.2, 0.25) is 5.02 Å². The van der Waals surface area contributed by atoms with Crippen LogP contribution >= 0.6 is 11.6 Å². The van der Waals surface area contributed by atoms with Gasteiger partial charge in [-0.1, -0.05) is 29.8 Å². The van der Waals surface area contributed by atoms with Crippen molar-refractivity contribution in [3.8, 4) is 0 Å². The van der Waals surface area contributed by atoms with E-state index in [4.69, 9.17) is 11.6 Å². The molecule has 0 unspecified atom stereocenters. The van der Waals surface area contributed by atoms with Crippen molar-refractivity contribution in [2.24, 2.45) is 0 Å². The van der Waals surface area contributed by atoms with Crippen LogP contribution in [0.1, 0.15) is 11.1 Å². The number of nitrogens with one attached hydrogen (secondary N) is 1. The summed E-state index contributed by atoms with van der Waals surface area (Å²) in [4.78, 5) is 15.6. The van der Waals surface area contributed by atoms with E-state index in [0.717, 1.165) is 11.1 Å². The lowest BCUT2D eigenvalue weighted by atomic mass is 10.2. The number of carbonyl (C=O) groups excluding carboxylic acids is 1. The molecule has 96 valence electrons. The number of amides is 1. The molecule has 0 aliphatic heterocycles. The molecule has 0 atom stereocenters. The predicted molar refractivity (Wildman–Crippen MR) is 76.6 cm³/mol. The molecule has 0 radical (unpaired) electrons. The van der Waals surface area contributed by atoms with E-state index in [1.54, 1.807) is 30.6 Å². The third kappa shape index (κ3) is 4.56. The van der Waals surface area contributed by atoms with Gasteiger partial charge in [-0.05, 0) is 35.4 Å². The number of hydrogen-bond donors (Lipinski definition) is 1. The summed E-state index contributed by atoms with van der Waals surface area (Å²) in [6, 6.07) is 11.0. The van der Waals surface area contributed by atoms with E-state index in [9.17, 15) is 4.79 Å². The molecule has 2 rings (SSSR count). The number of nitrogens with zero attached hydrogens (tertiary/aromatic N) is 1. The summed E-state index contributed by atoms with van der Waals surface area (Å²) in [6.45, 7) is 0.470. The first-order chi connectivity index (χ1) is 9.24. The summed E-state index contributed by atoms with van der Waals surface area (Å²) in [5, 5.41) is 3.47. The molecule has 1 aromatic carbocycles. The van der Waals surface area contributed by atoms with Gasteiger partial charge < -0.3 is 5.32 Å². The highest BCUT2D eigenvalue weighted by Gasteiger charge is 1.96. The Bertz CT molecular complexity index is 564. The van der Waals surface area contributed by atoms with Crippen LogP contribution in [-0.4, -0.2) is 10.9 Å². The van der Waals surface area contributed by atoms with Crippen LogP contribution < -0.4 is 5.32 Å². The van der Waals surface area contributed by atoms with Gasteiger partial charge in [0.05, 0.1) is 0 Å². The predicted octanol–water partition coefficient (Wildman–Crippen LogP) is 3.06. The van der Waals surface area contributed by atoms with Crippen LogP contribution in [-0.2, 0) is 11.3 Å². The van der Waals surface area contributed by atoms with Crippen molar-refractivity contribution in [2.75, 3.05) is 0 Å². The van der Waals surface area contributed by atoms with Gasteiger partial charge in [0.2, 0.25) is 5.91 Å².